The van der Waals surface area contributed by atoms with E-state index in [-0.39, 0.29) is 13.2 Å². The molecule has 1 rings (SSSR count). The number of nitrogen functional groups attached to an aromatic ring is 1. The molecule has 0 aliphatic heterocycles. The molecule has 0 unspecified atom stereocenters. The maximum atomic E-state index is 11.8. The van der Waals surface area contributed by atoms with E-state index in [2.05, 4.69) is 10.1 Å². The van der Waals surface area contributed by atoms with Crippen LogP contribution in [-0.2, 0) is 4.74 Å². The molecule has 1 aromatic carbocycles. The molecule has 0 radical (unpaired) electrons. The lowest BCUT2D eigenvalue weighted by Crippen LogP contribution is -2.20. The molecule has 0 aliphatic carbocycles. The first-order valence-electron chi connectivity index (χ1n) is 5.23. The Kier molecular flexibility index (Phi) is 5.10. The van der Waals surface area contributed by atoms with Gasteiger partial charge in [-0.25, -0.2) is 0 Å². The third-order valence-electron chi connectivity index (χ3n) is 2.17. The van der Waals surface area contributed by atoms with Gasteiger partial charge in [0.05, 0.1) is 17.3 Å². The predicted molar refractivity (Wildman–Crippen MR) is 66.0 cm³/mol. The second-order valence-electron chi connectivity index (χ2n) is 3.78. The summed E-state index contributed by atoms with van der Waals surface area (Å²) >= 11 is 5.84. The SMILES string of the molecule is Cc1cc(N)c(Cl)cc1NCCOCC(F)(F)F. The highest BCUT2D eigenvalue weighted by molar-refractivity contribution is 6.33. The van der Waals surface area contributed by atoms with Gasteiger partial charge in [0, 0.05) is 12.2 Å². The van der Waals surface area contributed by atoms with Crippen molar-refractivity contribution in [3.8, 4) is 0 Å². The van der Waals surface area contributed by atoms with Crippen LogP contribution in [0.5, 0.6) is 0 Å². The van der Waals surface area contributed by atoms with Crippen LogP contribution >= 0.6 is 11.6 Å². The zero-order valence-electron chi connectivity index (χ0n) is 9.77. The Bertz CT molecular complexity index is 410. The summed E-state index contributed by atoms with van der Waals surface area (Å²) in [6.45, 7) is 0.805. The van der Waals surface area contributed by atoms with Gasteiger partial charge in [-0.3, -0.25) is 0 Å². The van der Waals surface area contributed by atoms with Crippen LogP contribution in [0.1, 0.15) is 5.56 Å². The molecule has 0 saturated heterocycles. The minimum atomic E-state index is -4.29. The van der Waals surface area contributed by atoms with Gasteiger partial charge in [-0.2, -0.15) is 13.2 Å². The van der Waals surface area contributed by atoms with Crippen LogP contribution in [0.25, 0.3) is 0 Å². The smallest absolute Gasteiger partial charge is 0.398 e. The van der Waals surface area contributed by atoms with E-state index in [4.69, 9.17) is 17.3 Å². The van der Waals surface area contributed by atoms with Crippen molar-refractivity contribution in [3.63, 3.8) is 0 Å². The van der Waals surface area contributed by atoms with E-state index in [1.807, 2.05) is 6.92 Å². The summed E-state index contributed by atoms with van der Waals surface area (Å²) < 4.78 is 39.8. The van der Waals surface area contributed by atoms with Crippen molar-refractivity contribution in [2.24, 2.45) is 0 Å². The highest BCUT2D eigenvalue weighted by Crippen LogP contribution is 2.26. The lowest BCUT2D eigenvalue weighted by atomic mass is 10.2. The third-order valence-corrected chi connectivity index (χ3v) is 2.50. The highest BCUT2D eigenvalue weighted by atomic mass is 35.5. The third kappa shape index (κ3) is 5.01. The number of alkyl halides is 3. The van der Waals surface area contributed by atoms with Gasteiger partial charge in [0.2, 0.25) is 0 Å². The van der Waals surface area contributed by atoms with E-state index in [0.29, 0.717) is 10.7 Å². The first-order valence-corrected chi connectivity index (χ1v) is 5.61. The molecule has 3 nitrogen and oxygen atoms in total. The van der Waals surface area contributed by atoms with Crippen molar-refractivity contribution in [2.45, 2.75) is 13.1 Å². The molecule has 7 heteroatoms. The van der Waals surface area contributed by atoms with E-state index in [1.165, 1.54) is 0 Å². The normalized spacial score (nSPS) is 11.6. The van der Waals surface area contributed by atoms with Gasteiger partial charge in [-0.05, 0) is 24.6 Å². The average molecular weight is 283 g/mol. The first-order chi connectivity index (χ1) is 8.29. The number of hydrogen-bond donors (Lipinski definition) is 2. The molecule has 102 valence electrons. The van der Waals surface area contributed by atoms with Crippen LogP contribution in [0.4, 0.5) is 24.5 Å². The Hall–Kier alpha value is -1.14. The van der Waals surface area contributed by atoms with Crippen LogP contribution in [0, 0.1) is 6.92 Å². The Labute approximate surface area is 108 Å². The maximum Gasteiger partial charge on any atom is 0.411 e. The number of aryl methyl sites for hydroxylation is 1. The van der Waals surface area contributed by atoms with Crippen molar-refractivity contribution in [2.75, 3.05) is 30.8 Å². The monoisotopic (exact) mass is 282 g/mol. The van der Waals surface area contributed by atoms with Gasteiger partial charge in [-0.1, -0.05) is 11.6 Å². The largest absolute Gasteiger partial charge is 0.411 e. The van der Waals surface area contributed by atoms with Gasteiger partial charge in [0.1, 0.15) is 6.61 Å². The fraction of sp³-hybridized carbons (Fsp3) is 0.455. The van der Waals surface area contributed by atoms with Crippen LogP contribution < -0.4 is 11.1 Å². The minimum Gasteiger partial charge on any atom is -0.398 e. The number of anilines is 2. The number of halogens is 4. The van der Waals surface area contributed by atoms with E-state index < -0.39 is 12.8 Å². The summed E-state index contributed by atoms with van der Waals surface area (Å²) in [5, 5.41) is 3.34. The number of ether oxygens (including phenoxy) is 1. The van der Waals surface area contributed by atoms with Gasteiger partial charge in [0.15, 0.2) is 0 Å². The van der Waals surface area contributed by atoms with Crippen LogP contribution in [0.3, 0.4) is 0 Å². The summed E-state index contributed by atoms with van der Waals surface area (Å²) in [7, 11) is 0. The summed E-state index contributed by atoms with van der Waals surface area (Å²) in [4.78, 5) is 0. The second kappa shape index (κ2) is 6.15. The minimum absolute atomic E-state index is 0.0407. The summed E-state index contributed by atoms with van der Waals surface area (Å²) in [5.74, 6) is 0. The van der Waals surface area contributed by atoms with Crippen molar-refractivity contribution in [1.29, 1.82) is 0 Å². The Morgan fingerprint density at radius 2 is 2.06 bits per heavy atom. The van der Waals surface area contributed by atoms with Crippen LogP contribution in [0.2, 0.25) is 5.02 Å². The van der Waals surface area contributed by atoms with E-state index >= 15 is 0 Å². The molecule has 0 fully saturated rings. The van der Waals surface area contributed by atoms with Gasteiger partial charge < -0.3 is 15.8 Å². The molecular formula is C11H14ClF3N2O. The van der Waals surface area contributed by atoms with Crippen molar-refractivity contribution in [1.82, 2.24) is 0 Å². The van der Waals surface area contributed by atoms with Gasteiger partial charge in [-0.15, -0.1) is 0 Å². The molecule has 0 atom stereocenters. The standard InChI is InChI=1S/C11H14ClF3N2O/c1-7-4-9(16)8(12)5-10(7)17-2-3-18-6-11(13,14)15/h4-5,17H,2-3,6,16H2,1H3. The zero-order valence-corrected chi connectivity index (χ0v) is 10.5. The predicted octanol–water partition coefficient (Wildman–Crippen LogP) is 3.22. The zero-order chi connectivity index (χ0) is 13.8. The highest BCUT2D eigenvalue weighted by Gasteiger charge is 2.27. The Balaban J connectivity index is 2.38. The Morgan fingerprint density at radius 3 is 2.67 bits per heavy atom. The molecule has 18 heavy (non-hydrogen) atoms. The fourth-order valence-corrected chi connectivity index (χ4v) is 1.50. The lowest BCUT2D eigenvalue weighted by molar-refractivity contribution is -0.172. The van der Waals surface area contributed by atoms with E-state index in [1.54, 1.807) is 12.1 Å². The Morgan fingerprint density at radius 1 is 1.39 bits per heavy atom. The van der Waals surface area contributed by atoms with E-state index in [9.17, 15) is 13.2 Å². The molecule has 0 aliphatic rings. The van der Waals surface area contributed by atoms with E-state index in [0.717, 1.165) is 11.3 Å². The molecule has 0 heterocycles. The van der Waals surface area contributed by atoms with Crippen molar-refractivity contribution in [3.05, 3.63) is 22.7 Å². The van der Waals surface area contributed by atoms with Crippen LogP contribution in [-0.4, -0.2) is 25.9 Å². The quantitative estimate of drug-likeness (QED) is 0.644. The summed E-state index contributed by atoms with van der Waals surface area (Å²) in [6.07, 6.45) is -4.29. The molecule has 0 amide bonds. The topological polar surface area (TPSA) is 47.3 Å². The molecule has 0 saturated carbocycles. The lowest BCUT2D eigenvalue weighted by Gasteiger charge is -2.12. The maximum absolute atomic E-state index is 11.8. The molecular weight excluding hydrogens is 269 g/mol. The molecule has 0 bridgehead atoms. The first kappa shape index (κ1) is 14.9. The fourth-order valence-electron chi connectivity index (χ4n) is 1.34. The number of nitrogens with two attached hydrogens (primary N) is 1. The van der Waals surface area contributed by atoms with Crippen molar-refractivity contribution < 1.29 is 17.9 Å². The number of rotatable bonds is 5. The van der Waals surface area contributed by atoms with Crippen molar-refractivity contribution >= 4 is 23.0 Å². The van der Waals surface area contributed by atoms with Crippen LogP contribution in [0.15, 0.2) is 12.1 Å². The number of benzene rings is 1. The molecule has 0 aromatic heterocycles. The average Bonchev–Trinajstić information content (AvgIpc) is 2.23. The number of hydrogen-bond acceptors (Lipinski definition) is 3. The molecule has 1 aromatic rings. The second-order valence-corrected chi connectivity index (χ2v) is 4.19. The summed E-state index contributed by atoms with van der Waals surface area (Å²) in [5.41, 5.74) is 7.67. The summed E-state index contributed by atoms with van der Waals surface area (Å²) in [6, 6.07) is 3.33. The molecule has 0 spiro atoms. The number of nitrogens with one attached hydrogen (secondary N) is 1. The van der Waals surface area contributed by atoms with Gasteiger partial charge >= 0.3 is 6.18 Å². The van der Waals surface area contributed by atoms with Gasteiger partial charge in [0.25, 0.3) is 0 Å². The molecule has 3 N–H and O–H groups in total.